The van der Waals surface area contributed by atoms with Crippen molar-refractivity contribution in [2.75, 3.05) is 13.1 Å². The first-order valence-electron chi connectivity index (χ1n) is 6.31. The van der Waals surface area contributed by atoms with Gasteiger partial charge < -0.3 is 10.4 Å². The zero-order chi connectivity index (χ0) is 12.5. The van der Waals surface area contributed by atoms with Crippen molar-refractivity contribution >= 4 is 17.4 Å². The van der Waals surface area contributed by atoms with E-state index in [-0.39, 0.29) is 6.04 Å². The molecule has 2 fully saturated rings. The summed E-state index contributed by atoms with van der Waals surface area (Å²) < 4.78 is 0. The Morgan fingerprint density at radius 1 is 1.50 bits per heavy atom. The highest BCUT2D eigenvalue weighted by Gasteiger charge is 2.41. The van der Waals surface area contributed by atoms with Gasteiger partial charge in [-0.1, -0.05) is 0 Å². The summed E-state index contributed by atoms with van der Waals surface area (Å²) in [5, 5.41) is 14.7. The zero-order valence-electron chi connectivity index (χ0n) is 10.1. The minimum Gasteiger partial charge on any atom is -0.465 e. The van der Waals surface area contributed by atoms with Crippen molar-refractivity contribution in [2.45, 2.75) is 25.4 Å². The molecular formula is C12H17N3O2S. The molecule has 1 aliphatic carbocycles. The smallest absolute Gasteiger partial charge is 0.407 e. The summed E-state index contributed by atoms with van der Waals surface area (Å²) >= 11 is 1.51. The van der Waals surface area contributed by atoms with Gasteiger partial charge in [0.1, 0.15) is 0 Å². The second-order valence-electron chi connectivity index (χ2n) is 5.19. The monoisotopic (exact) mass is 267 g/mol. The van der Waals surface area contributed by atoms with E-state index in [0.717, 1.165) is 31.6 Å². The minimum absolute atomic E-state index is 0.168. The molecule has 0 aromatic carbocycles. The van der Waals surface area contributed by atoms with E-state index in [1.165, 1.54) is 11.3 Å². The van der Waals surface area contributed by atoms with Gasteiger partial charge in [0.25, 0.3) is 0 Å². The zero-order valence-corrected chi connectivity index (χ0v) is 10.9. The summed E-state index contributed by atoms with van der Waals surface area (Å²) in [5.74, 6) is 1.32. The third-order valence-electron chi connectivity index (χ3n) is 4.13. The summed E-state index contributed by atoms with van der Waals surface area (Å²) in [5.41, 5.74) is 2.61. The molecule has 1 saturated heterocycles. The van der Waals surface area contributed by atoms with Crippen LogP contribution in [0.5, 0.6) is 0 Å². The van der Waals surface area contributed by atoms with Crippen molar-refractivity contribution in [3.63, 3.8) is 0 Å². The third-order valence-corrected chi connectivity index (χ3v) is 4.77. The van der Waals surface area contributed by atoms with E-state index >= 15 is 0 Å². The topological polar surface area (TPSA) is 65.5 Å². The van der Waals surface area contributed by atoms with E-state index in [4.69, 9.17) is 0 Å². The lowest BCUT2D eigenvalue weighted by atomic mass is 10.0. The Morgan fingerprint density at radius 2 is 2.22 bits per heavy atom. The van der Waals surface area contributed by atoms with Gasteiger partial charge in [-0.25, -0.2) is 9.78 Å². The fraction of sp³-hybridized carbons (Fsp3) is 0.667. The summed E-state index contributed by atoms with van der Waals surface area (Å²) in [6.07, 6.45) is 1.17. The lowest BCUT2D eigenvalue weighted by Gasteiger charge is -2.26. The largest absolute Gasteiger partial charge is 0.465 e. The molecule has 2 N–H and O–H groups in total. The first kappa shape index (κ1) is 11.9. The number of aromatic nitrogens is 1. The molecule has 0 radical (unpaired) electrons. The molecule has 2 heterocycles. The number of amides is 1. The summed E-state index contributed by atoms with van der Waals surface area (Å²) in [6, 6.07) is 0.168. The van der Waals surface area contributed by atoms with E-state index in [0.29, 0.717) is 18.4 Å². The molecule has 3 rings (SSSR count). The predicted octanol–water partition coefficient (Wildman–Crippen LogP) is 1.62. The Kier molecular flexibility index (Phi) is 3.22. The molecule has 98 valence electrons. The van der Waals surface area contributed by atoms with Crippen molar-refractivity contribution in [3.8, 4) is 0 Å². The Morgan fingerprint density at radius 3 is 2.78 bits per heavy atom. The van der Waals surface area contributed by atoms with Crippen LogP contribution in [0.3, 0.4) is 0 Å². The van der Waals surface area contributed by atoms with Crippen LogP contribution >= 0.6 is 11.3 Å². The van der Waals surface area contributed by atoms with Crippen LogP contribution in [0.25, 0.3) is 0 Å². The maximum Gasteiger partial charge on any atom is 0.407 e. The lowest BCUT2D eigenvalue weighted by Crippen LogP contribution is -2.38. The number of fused-ring (bicyclic) bond motifs is 1. The molecule has 0 unspecified atom stereocenters. The van der Waals surface area contributed by atoms with Crippen molar-refractivity contribution in [1.29, 1.82) is 0 Å². The first-order chi connectivity index (χ1) is 8.74. The summed E-state index contributed by atoms with van der Waals surface area (Å²) in [6.45, 7) is 2.52. The molecule has 2 aliphatic rings. The van der Waals surface area contributed by atoms with Crippen LogP contribution < -0.4 is 5.32 Å². The molecule has 0 spiro atoms. The second-order valence-corrected chi connectivity index (χ2v) is 5.91. The number of carbonyl (C=O) groups is 1. The van der Waals surface area contributed by atoms with Gasteiger partial charge >= 0.3 is 6.09 Å². The van der Waals surface area contributed by atoms with E-state index < -0.39 is 6.09 Å². The van der Waals surface area contributed by atoms with Crippen LogP contribution in [0, 0.1) is 11.8 Å². The van der Waals surface area contributed by atoms with Crippen LogP contribution in [0.15, 0.2) is 10.9 Å². The summed E-state index contributed by atoms with van der Waals surface area (Å²) in [4.78, 5) is 17.2. The Labute approximate surface area is 110 Å². The third kappa shape index (κ3) is 2.22. The van der Waals surface area contributed by atoms with Crippen molar-refractivity contribution < 1.29 is 9.90 Å². The first-order valence-corrected chi connectivity index (χ1v) is 7.25. The normalized spacial score (nSPS) is 30.3. The number of hydrogen-bond donors (Lipinski definition) is 2. The SMILES string of the molecule is O=C(O)N(Cc1cscn1)[C@H]1C[C@H]2CNC[C@H]2C1. The number of carboxylic acid groups (broad SMARTS) is 1. The molecule has 5 nitrogen and oxygen atoms in total. The molecule has 1 aromatic rings. The quantitative estimate of drug-likeness (QED) is 0.873. The maximum atomic E-state index is 11.4. The van der Waals surface area contributed by atoms with Crippen LogP contribution in [0.2, 0.25) is 0 Å². The minimum atomic E-state index is -0.819. The average Bonchev–Trinajstić information content (AvgIpc) is 3.01. The van der Waals surface area contributed by atoms with Gasteiger partial charge in [-0.05, 0) is 37.8 Å². The van der Waals surface area contributed by atoms with Gasteiger partial charge in [-0.3, -0.25) is 4.90 Å². The molecule has 0 bridgehead atoms. The van der Waals surface area contributed by atoms with Gasteiger partial charge in [0.2, 0.25) is 0 Å². The van der Waals surface area contributed by atoms with Crippen LogP contribution in [0.1, 0.15) is 18.5 Å². The lowest BCUT2D eigenvalue weighted by molar-refractivity contribution is 0.118. The van der Waals surface area contributed by atoms with E-state index in [1.807, 2.05) is 5.38 Å². The van der Waals surface area contributed by atoms with Crippen molar-refractivity contribution in [1.82, 2.24) is 15.2 Å². The fourth-order valence-corrected chi connectivity index (χ4v) is 3.78. The van der Waals surface area contributed by atoms with Gasteiger partial charge in [-0.2, -0.15) is 0 Å². The molecular weight excluding hydrogens is 250 g/mol. The Balaban J connectivity index is 1.69. The number of hydrogen-bond acceptors (Lipinski definition) is 4. The van der Waals surface area contributed by atoms with Gasteiger partial charge in [0.05, 0.1) is 17.7 Å². The van der Waals surface area contributed by atoms with Gasteiger partial charge in [0, 0.05) is 11.4 Å². The molecule has 1 aliphatic heterocycles. The fourth-order valence-electron chi connectivity index (χ4n) is 3.23. The average molecular weight is 267 g/mol. The standard InChI is InChI=1S/C12H17N3O2S/c16-12(17)15(5-10-6-18-7-14-10)11-1-8-3-13-4-9(8)2-11/h6-9,11,13H,1-5H2,(H,16,17)/t8-,9+,11-. The molecule has 1 aromatic heterocycles. The number of nitrogens with one attached hydrogen (secondary N) is 1. The second kappa shape index (κ2) is 4.85. The van der Waals surface area contributed by atoms with E-state index in [9.17, 15) is 9.90 Å². The van der Waals surface area contributed by atoms with Crippen LogP contribution in [-0.2, 0) is 6.54 Å². The summed E-state index contributed by atoms with van der Waals surface area (Å²) in [7, 11) is 0. The molecule has 3 atom stereocenters. The highest BCUT2D eigenvalue weighted by molar-refractivity contribution is 7.07. The highest BCUT2D eigenvalue weighted by atomic mass is 32.1. The van der Waals surface area contributed by atoms with E-state index in [2.05, 4.69) is 10.3 Å². The number of rotatable bonds is 3. The molecule has 1 saturated carbocycles. The number of nitrogens with zero attached hydrogens (tertiary/aromatic N) is 2. The van der Waals surface area contributed by atoms with Crippen molar-refractivity contribution in [3.05, 3.63) is 16.6 Å². The molecule has 18 heavy (non-hydrogen) atoms. The Bertz CT molecular complexity index is 411. The van der Waals surface area contributed by atoms with Gasteiger partial charge in [0.15, 0.2) is 0 Å². The maximum absolute atomic E-state index is 11.4. The van der Waals surface area contributed by atoms with Crippen LogP contribution in [0.4, 0.5) is 4.79 Å². The predicted molar refractivity (Wildman–Crippen MR) is 68.6 cm³/mol. The van der Waals surface area contributed by atoms with Crippen LogP contribution in [-0.4, -0.2) is 40.2 Å². The molecule has 1 amide bonds. The number of thiazole rings is 1. The van der Waals surface area contributed by atoms with E-state index in [1.54, 1.807) is 10.4 Å². The highest BCUT2D eigenvalue weighted by Crippen LogP contribution is 2.37. The Hall–Kier alpha value is -1.14. The van der Waals surface area contributed by atoms with Crippen molar-refractivity contribution in [2.24, 2.45) is 11.8 Å². The van der Waals surface area contributed by atoms with Gasteiger partial charge in [-0.15, -0.1) is 11.3 Å². The molecule has 6 heteroatoms.